The van der Waals surface area contributed by atoms with Gasteiger partial charge >= 0.3 is 11.9 Å². The number of aldehydes is 1. The van der Waals surface area contributed by atoms with Crippen LogP contribution in [-0.2, 0) is 26.1 Å². The second-order valence-corrected chi connectivity index (χ2v) is 6.37. The third-order valence-corrected chi connectivity index (χ3v) is 4.51. The minimum absolute atomic E-state index is 0.337. The van der Waals surface area contributed by atoms with Gasteiger partial charge in [0.1, 0.15) is 6.29 Å². The van der Waals surface area contributed by atoms with Crippen LogP contribution in [-0.4, -0.2) is 32.4 Å². The number of hydrogen-bond donors (Lipinski definition) is 0. The fourth-order valence-corrected chi connectivity index (χ4v) is 2.93. The highest BCUT2D eigenvalue weighted by Crippen LogP contribution is 2.31. The number of benzene rings is 2. The second-order valence-electron chi connectivity index (χ2n) is 6.37. The predicted molar refractivity (Wildman–Crippen MR) is 97.3 cm³/mol. The number of carbonyl (C=O) groups excluding carboxylic acids is 3. The molecule has 0 aliphatic rings. The lowest BCUT2D eigenvalue weighted by Gasteiger charge is -2.28. The van der Waals surface area contributed by atoms with Crippen LogP contribution in [0.3, 0.4) is 0 Å². The molecule has 2 aromatic carbocycles. The normalized spacial score (nSPS) is 12.7. The summed E-state index contributed by atoms with van der Waals surface area (Å²) in [5.74, 6) is -0.780. The Morgan fingerprint density at radius 2 is 1.35 bits per heavy atom. The first-order chi connectivity index (χ1) is 12.4. The van der Waals surface area contributed by atoms with Crippen molar-refractivity contribution in [3.8, 4) is 0 Å². The molecule has 1 atom stereocenters. The summed E-state index contributed by atoms with van der Waals surface area (Å²) in [5, 5.41) is 0. The molecule has 0 radical (unpaired) electrons. The Balaban J connectivity index is 2.27. The molecule has 0 amide bonds. The third-order valence-electron chi connectivity index (χ3n) is 4.51. The van der Waals surface area contributed by atoms with Crippen LogP contribution in [0.5, 0.6) is 0 Å². The van der Waals surface area contributed by atoms with Gasteiger partial charge in [0.15, 0.2) is 0 Å². The van der Waals surface area contributed by atoms with Crippen molar-refractivity contribution in [1.82, 2.24) is 0 Å². The maximum atomic E-state index is 11.6. The predicted octanol–water partition coefficient (Wildman–Crippen LogP) is 3.35. The van der Waals surface area contributed by atoms with Crippen LogP contribution >= 0.6 is 0 Å². The third kappa shape index (κ3) is 4.36. The molecular weight excluding hydrogens is 332 g/mol. The van der Waals surface area contributed by atoms with Crippen LogP contribution in [0.25, 0.3) is 0 Å². The molecule has 5 heteroatoms. The van der Waals surface area contributed by atoms with Gasteiger partial charge in [0.2, 0.25) is 0 Å². The van der Waals surface area contributed by atoms with Crippen molar-refractivity contribution in [2.75, 3.05) is 14.2 Å². The van der Waals surface area contributed by atoms with Gasteiger partial charge < -0.3 is 14.3 Å². The zero-order chi connectivity index (χ0) is 19.2. The van der Waals surface area contributed by atoms with Gasteiger partial charge in [-0.1, -0.05) is 31.2 Å². The van der Waals surface area contributed by atoms with E-state index < -0.39 is 11.4 Å². The van der Waals surface area contributed by atoms with Crippen LogP contribution in [0, 0.1) is 0 Å². The van der Waals surface area contributed by atoms with E-state index in [2.05, 4.69) is 0 Å². The molecule has 0 saturated heterocycles. The maximum Gasteiger partial charge on any atom is 0.337 e. The van der Waals surface area contributed by atoms with E-state index in [-0.39, 0.29) is 5.97 Å². The Labute approximate surface area is 152 Å². The molecule has 0 aliphatic carbocycles. The van der Waals surface area contributed by atoms with Gasteiger partial charge in [-0.25, -0.2) is 9.59 Å². The van der Waals surface area contributed by atoms with E-state index >= 15 is 0 Å². The lowest BCUT2D eigenvalue weighted by Crippen LogP contribution is -2.26. The Hall–Kier alpha value is -2.95. The molecular formula is C21H22O5. The molecule has 0 spiro atoms. The molecule has 5 nitrogen and oxygen atoms in total. The fraction of sp³-hybridized carbons (Fsp3) is 0.286. The van der Waals surface area contributed by atoms with Gasteiger partial charge in [0, 0.05) is 11.8 Å². The van der Waals surface area contributed by atoms with Crippen molar-refractivity contribution in [3.05, 3.63) is 70.8 Å². The van der Waals surface area contributed by atoms with Crippen molar-refractivity contribution in [1.29, 1.82) is 0 Å². The second kappa shape index (κ2) is 8.43. The van der Waals surface area contributed by atoms with Crippen LogP contribution in [0.1, 0.15) is 45.2 Å². The van der Waals surface area contributed by atoms with E-state index in [1.165, 1.54) is 14.2 Å². The van der Waals surface area contributed by atoms with E-state index in [0.29, 0.717) is 24.0 Å². The van der Waals surface area contributed by atoms with E-state index in [4.69, 9.17) is 9.47 Å². The van der Waals surface area contributed by atoms with E-state index in [9.17, 15) is 14.4 Å². The summed E-state index contributed by atoms with van der Waals surface area (Å²) in [6.07, 6.45) is 1.85. The van der Waals surface area contributed by atoms with Crippen LogP contribution in [0.2, 0.25) is 0 Å². The smallest absolute Gasteiger partial charge is 0.337 e. The van der Waals surface area contributed by atoms with E-state index in [1.54, 1.807) is 24.3 Å². The van der Waals surface area contributed by atoms with Gasteiger partial charge in [0.05, 0.1) is 25.3 Å². The number of hydrogen-bond acceptors (Lipinski definition) is 5. The number of rotatable bonds is 7. The van der Waals surface area contributed by atoms with Crippen molar-refractivity contribution in [3.63, 3.8) is 0 Å². The molecule has 0 aliphatic heterocycles. The van der Waals surface area contributed by atoms with Gasteiger partial charge in [0.25, 0.3) is 0 Å². The minimum Gasteiger partial charge on any atom is -0.465 e. The molecule has 136 valence electrons. The Kier molecular flexibility index (Phi) is 6.28. The quantitative estimate of drug-likeness (QED) is 0.563. The number of methoxy groups -OCH3 is 2. The highest BCUT2D eigenvalue weighted by molar-refractivity contribution is 5.89. The Morgan fingerprint density at radius 3 is 1.77 bits per heavy atom. The highest BCUT2D eigenvalue weighted by atomic mass is 16.5. The first-order valence-electron chi connectivity index (χ1n) is 8.23. The number of ether oxygens (including phenoxy) is 2. The lowest BCUT2D eigenvalue weighted by atomic mass is 9.75. The van der Waals surface area contributed by atoms with Gasteiger partial charge in [-0.05, 0) is 41.8 Å². The van der Waals surface area contributed by atoms with Gasteiger partial charge in [-0.3, -0.25) is 0 Å². The van der Waals surface area contributed by atoms with Gasteiger partial charge in [-0.2, -0.15) is 0 Å². The number of carbonyl (C=O) groups is 3. The first-order valence-corrected chi connectivity index (χ1v) is 8.23. The summed E-state index contributed by atoms with van der Waals surface area (Å²) in [5.41, 5.74) is 2.47. The fourth-order valence-electron chi connectivity index (χ4n) is 2.93. The Morgan fingerprint density at radius 1 is 0.885 bits per heavy atom. The van der Waals surface area contributed by atoms with Crippen molar-refractivity contribution in [2.24, 2.45) is 0 Å². The summed E-state index contributed by atoms with van der Waals surface area (Å²) in [7, 11) is 2.68. The molecule has 2 rings (SSSR count). The molecule has 26 heavy (non-hydrogen) atoms. The maximum absolute atomic E-state index is 11.6. The molecule has 0 heterocycles. The van der Waals surface area contributed by atoms with Crippen LogP contribution < -0.4 is 0 Å². The average molecular weight is 354 g/mol. The first kappa shape index (κ1) is 19.4. The van der Waals surface area contributed by atoms with Crippen LogP contribution in [0.4, 0.5) is 0 Å². The SMILES string of the molecule is COC(=O)c1ccc(CC(C)(CC=O)c2ccc(C(=O)OC)cc2)cc1. The zero-order valence-electron chi connectivity index (χ0n) is 15.2. The highest BCUT2D eigenvalue weighted by Gasteiger charge is 2.27. The number of esters is 2. The monoisotopic (exact) mass is 354 g/mol. The lowest BCUT2D eigenvalue weighted by molar-refractivity contribution is -0.108. The molecule has 0 fully saturated rings. The Bertz CT molecular complexity index is 777. The van der Waals surface area contributed by atoms with E-state index in [1.807, 2.05) is 31.2 Å². The van der Waals surface area contributed by atoms with Crippen LogP contribution in [0.15, 0.2) is 48.5 Å². The zero-order valence-corrected chi connectivity index (χ0v) is 15.2. The largest absolute Gasteiger partial charge is 0.465 e. The average Bonchev–Trinajstić information content (AvgIpc) is 2.67. The summed E-state index contributed by atoms with van der Waals surface area (Å²) in [6.45, 7) is 2.00. The molecule has 2 aromatic rings. The van der Waals surface area contributed by atoms with E-state index in [0.717, 1.165) is 17.4 Å². The molecule has 0 saturated carbocycles. The minimum atomic E-state index is -0.427. The van der Waals surface area contributed by atoms with Crippen molar-refractivity contribution < 1.29 is 23.9 Å². The molecule has 0 aromatic heterocycles. The molecule has 0 N–H and O–H groups in total. The standard InChI is InChI=1S/C21H22O5/c1-21(12-13-22,18-10-8-17(9-11-18)20(24)26-3)14-15-4-6-16(7-5-15)19(23)25-2/h4-11,13H,12,14H2,1-3H3. The molecule has 1 unspecified atom stereocenters. The van der Waals surface area contributed by atoms with Gasteiger partial charge in [-0.15, -0.1) is 0 Å². The summed E-state index contributed by atoms with van der Waals surface area (Å²) in [6, 6.07) is 14.2. The summed E-state index contributed by atoms with van der Waals surface area (Å²) >= 11 is 0. The molecule has 0 bridgehead atoms. The van der Waals surface area contributed by atoms with Crippen molar-refractivity contribution in [2.45, 2.75) is 25.2 Å². The summed E-state index contributed by atoms with van der Waals surface area (Å²) in [4.78, 5) is 34.4. The van der Waals surface area contributed by atoms with Crippen molar-refractivity contribution >= 4 is 18.2 Å². The summed E-state index contributed by atoms with van der Waals surface area (Å²) < 4.78 is 9.41. The topological polar surface area (TPSA) is 69.7 Å².